The van der Waals surface area contributed by atoms with E-state index >= 15 is 0 Å². The van der Waals surface area contributed by atoms with Crippen molar-refractivity contribution in [3.05, 3.63) is 34.7 Å². The Hall–Kier alpha value is -0.910. The molecular weight excluding hydrogens is 336 g/mol. The minimum absolute atomic E-state index is 0. The largest absolute Gasteiger partial charge is 0.497 e. The number of thiazole rings is 1. The summed E-state index contributed by atoms with van der Waals surface area (Å²) in [7, 11) is 1.70. The van der Waals surface area contributed by atoms with Crippen molar-refractivity contribution in [3.63, 3.8) is 0 Å². The lowest BCUT2D eigenvalue weighted by molar-refractivity contribution is 0.415. The van der Waals surface area contributed by atoms with Crippen molar-refractivity contribution >= 4 is 28.3 Å². The van der Waals surface area contributed by atoms with Crippen molar-refractivity contribution in [2.45, 2.75) is 18.8 Å². The number of halogens is 1. The minimum atomic E-state index is 0. The van der Waals surface area contributed by atoms with Gasteiger partial charge in [0.1, 0.15) is 5.75 Å². The van der Waals surface area contributed by atoms with E-state index in [0.29, 0.717) is 5.92 Å². The number of aromatic nitrogens is 1. The maximum Gasteiger partial charge on any atom is 0.119 e. The summed E-state index contributed by atoms with van der Waals surface area (Å²) in [5, 5.41) is 6.83. The Morgan fingerprint density at radius 2 is 2.10 bits per heavy atom. The second-order valence-corrected chi connectivity index (χ2v) is 5.72. The highest BCUT2D eigenvalue weighted by atomic mass is 79.9. The van der Waals surface area contributed by atoms with Gasteiger partial charge < -0.3 is 10.1 Å². The third-order valence-corrected chi connectivity index (χ3v) is 4.58. The van der Waals surface area contributed by atoms with Crippen LogP contribution >= 0.6 is 28.3 Å². The first kappa shape index (κ1) is 15.5. The highest BCUT2D eigenvalue weighted by Crippen LogP contribution is 2.32. The Morgan fingerprint density at radius 3 is 2.85 bits per heavy atom. The number of nitrogens with one attached hydrogen (secondary N) is 1. The molecule has 0 atom stereocenters. The molecule has 20 heavy (non-hydrogen) atoms. The lowest BCUT2D eigenvalue weighted by Gasteiger charge is -2.20. The van der Waals surface area contributed by atoms with Crippen LogP contribution in [0.1, 0.15) is 23.8 Å². The molecule has 1 saturated heterocycles. The number of ether oxygens (including phenoxy) is 1. The van der Waals surface area contributed by atoms with E-state index in [4.69, 9.17) is 9.72 Å². The molecule has 3 nitrogen and oxygen atoms in total. The summed E-state index contributed by atoms with van der Waals surface area (Å²) in [6.07, 6.45) is 2.40. The summed E-state index contributed by atoms with van der Waals surface area (Å²) >= 11 is 1.78. The highest BCUT2D eigenvalue weighted by molar-refractivity contribution is 8.93. The Morgan fingerprint density at radius 1 is 1.30 bits per heavy atom. The zero-order valence-corrected chi connectivity index (χ0v) is 14.0. The van der Waals surface area contributed by atoms with Crippen molar-refractivity contribution in [2.75, 3.05) is 20.2 Å². The first-order valence-electron chi connectivity index (χ1n) is 6.67. The number of hydrogen-bond donors (Lipinski definition) is 1. The molecule has 0 unspecified atom stereocenters. The van der Waals surface area contributed by atoms with Crippen molar-refractivity contribution in [1.29, 1.82) is 0 Å². The second kappa shape index (κ2) is 7.20. The minimum Gasteiger partial charge on any atom is -0.497 e. The van der Waals surface area contributed by atoms with Gasteiger partial charge in [0.05, 0.1) is 17.8 Å². The number of benzene rings is 1. The summed E-state index contributed by atoms with van der Waals surface area (Å²) in [5.41, 5.74) is 2.20. The molecule has 1 N–H and O–H groups in total. The normalized spacial score (nSPS) is 15.7. The molecule has 1 aliphatic rings. The molecule has 3 rings (SSSR count). The van der Waals surface area contributed by atoms with Crippen LogP contribution in [-0.2, 0) is 0 Å². The Bertz CT molecular complexity index is 552. The van der Waals surface area contributed by atoms with E-state index in [1.54, 1.807) is 18.4 Å². The summed E-state index contributed by atoms with van der Waals surface area (Å²) in [5.74, 6) is 1.51. The van der Waals surface area contributed by atoms with Crippen molar-refractivity contribution < 1.29 is 4.74 Å². The highest BCUT2D eigenvalue weighted by Gasteiger charge is 2.18. The van der Waals surface area contributed by atoms with E-state index in [1.165, 1.54) is 17.8 Å². The van der Waals surface area contributed by atoms with Crippen LogP contribution in [0.15, 0.2) is 29.6 Å². The van der Waals surface area contributed by atoms with E-state index in [2.05, 4.69) is 16.8 Å². The molecule has 1 aromatic carbocycles. The van der Waals surface area contributed by atoms with Crippen LogP contribution in [0.25, 0.3) is 11.3 Å². The van der Waals surface area contributed by atoms with Gasteiger partial charge in [-0.15, -0.1) is 28.3 Å². The van der Waals surface area contributed by atoms with Gasteiger partial charge in [0.2, 0.25) is 0 Å². The average Bonchev–Trinajstić information content (AvgIpc) is 2.98. The number of piperidine rings is 1. The summed E-state index contributed by atoms with van der Waals surface area (Å²) in [6.45, 7) is 2.22. The van der Waals surface area contributed by atoms with E-state index < -0.39 is 0 Å². The van der Waals surface area contributed by atoms with Gasteiger partial charge >= 0.3 is 0 Å². The maximum absolute atomic E-state index is 5.27. The Kier molecular flexibility index (Phi) is 5.57. The fraction of sp³-hybridized carbons (Fsp3) is 0.400. The van der Waals surface area contributed by atoms with Crippen LogP contribution in [0.4, 0.5) is 0 Å². The third kappa shape index (κ3) is 3.40. The van der Waals surface area contributed by atoms with Gasteiger partial charge in [-0.1, -0.05) is 12.1 Å². The molecule has 0 radical (unpaired) electrons. The Balaban J connectivity index is 0.00000147. The molecule has 1 aromatic heterocycles. The zero-order valence-electron chi connectivity index (χ0n) is 11.5. The monoisotopic (exact) mass is 354 g/mol. The van der Waals surface area contributed by atoms with Crippen molar-refractivity contribution in [1.82, 2.24) is 10.3 Å². The molecule has 0 saturated carbocycles. The van der Waals surface area contributed by atoms with Gasteiger partial charge in [-0.3, -0.25) is 0 Å². The molecule has 1 fully saturated rings. The molecule has 2 aromatic rings. The molecule has 5 heteroatoms. The molecule has 1 aliphatic heterocycles. The molecule has 0 aliphatic carbocycles. The molecule has 0 bridgehead atoms. The lowest BCUT2D eigenvalue weighted by atomic mass is 9.99. The predicted octanol–water partition coefficient (Wildman–Crippen LogP) is 3.86. The van der Waals surface area contributed by atoms with Crippen LogP contribution in [-0.4, -0.2) is 25.2 Å². The van der Waals surface area contributed by atoms with Crippen molar-refractivity contribution in [2.24, 2.45) is 0 Å². The number of methoxy groups -OCH3 is 1. The summed E-state index contributed by atoms with van der Waals surface area (Å²) < 4.78 is 5.27. The fourth-order valence-electron chi connectivity index (χ4n) is 2.46. The van der Waals surface area contributed by atoms with E-state index in [9.17, 15) is 0 Å². The summed E-state index contributed by atoms with van der Waals surface area (Å²) in [6, 6.07) is 8.10. The maximum atomic E-state index is 5.27. The third-order valence-electron chi connectivity index (χ3n) is 3.58. The van der Waals surface area contributed by atoms with Gasteiger partial charge in [-0.05, 0) is 38.1 Å². The standard InChI is InChI=1S/C15H18N2OS.BrH/c1-18-13-4-2-3-12(9-13)14-10-19-15(17-14)11-5-7-16-8-6-11;/h2-4,9-11,16H,5-8H2,1H3;1H. The molecule has 108 valence electrons. The molecule has 2 heterocycles. The van der Waals surface area contributed by atoms with Gasteiger partial charge in [-0.25, -0.2) is 4.98 Å². The van der Waals surface area contributed by atoms with Crippen LogP contribution in [0, 0.1) is 0 Å². The van der Waals surface area contributed by atoms with Gasteiger partial charge in [0.25, 0.3) is 0 Å². The predicted molar refractivity (Wildman–Crippen MR) is 89.3 cm³/mol. The van der Waals surface area contributed by atoms with E-state index in [-0.39, 0.29) is 17.0 Å². The second-order valence-electron chi connectivity index (χ2n) is 4.83. The topological polar surface area (TPSA) is 34.1 Å². The smallest absolute Gasteiger partial charge is 0.119 e. The molecule has 0 spiro atoms. The zero-order chi connectivity index (χ0) is 13.1. The first-order valence-corrected chi connectivity index (χ1v) is 7.55. The SMILES string of the molecule is Br.COc1cccc(-c2csc(C3CCNCC3)n2)c1. The lowest BCUT2D eigenvalue weighted by Crippen LogP contribution is -2.26. The quantitative estimate of drug-likeness (QED) is 0.908. The van der Waals surface area contributed by atoms with Crippen LogP contribution in [0.2, 0.25) is 0 Å². The average molecular weight is 355 g/mol. The number of hydrogen-bond acceptors (Lipinski definition) is 4. The first-order chi connectivity index (χ1) is 9.36. The molecule has 0 amide bonds. The summed E-state index contributed by atoms with van der Waals surface area (Å²) in [4.78, 5) is 4.81. The van der Waals surface area contributed by atoms with Crippen LogP contribution in [0.5, 0.6) is 5.75 Å². The van der Waals surface area contributed by atoms with Crippen LogP contribution in [0.3, 0.4) is 0 Å². The van der Waals surface area contributed by atoms with Crippen LogP contribution < -0.4 is 10.1 Å². The number of rotatable bonds is 3. The molecular formula is C15H19BrN2OS. The van der Waals surface area contributed by atoms with E-state index in [0.717, 1.165) is 30.1 Å². The van der Waals surface area contributed by atoms with Gasteiger partial charge in [0.15, 0.2) is 0 Å². The van der Waals surface area contributed by atoms with Crippen molar-refractivity contribution in [3.8, 4) is 17.0 Å². The van der Waals surface area contributed by atoms with Gasteiger partial charge in [0, 0.05) is 16.9 Å². The number of nitrogens with zero attached hydrogens (tertiary/aromatic N) is 1. The van der Waals surface area contributed by atoms with E-state index in [1.807, 2.05) is 18.2 Å². The Labute approximate surface area is 134 Å². The fourth-order valence-corrected chi connectivity index (χ4v) is 3.46. The van der Waals surface area contributed by atoms with Gasteiger partial charge in [-0.2, -0.15) is 0 Å².